The molecule has 0 heterocycles. The molecule has 0 aromatic heterocycles. The maximum Gasteiger partial charge on any atom is 0.407 e. The van der Waals surface area contributed by atoms with Crippen molar-refractivity contribution in [2.24, 2.45) is 0 Å². The maximum atomic E-state index is 12.7. The molecule has 2 N–H and O–H groups in total. The van der Waals surface area contributed by atoms with Crippen LogP contribution in [0.2, 0.25) is 0 Å². The highest BCUT2D eigenvalue weighted by atomic mass is 16.5. The van der Waals surface area contributed by atoms with Gasteiger partial charge in [-0.25, -0.2) is 9.59 Å². The largest absolute Gasteiger partial charge is 0.467 e. The molecule has 7 heteroatoms. The Labute approximate surface area is 204 Å². The Morgan fingerprint density at radius 1 is 0.829 bits per heavy atom. The number of nitrogens with one attached hydrogen (secondary N) is 2. The minimum Gasteiger partial charge on any atom is -0.467 e. The SMILES string of the molecule is COC(=O)[C@H](Cc1ccccc1)NC(=O)[C@@H](C)NC(=O)OCC1c2ccccc2-c2ccccc21. The molecule has 0 fully saturated rings. The normalized spacial score (nSPS) is 13.7. The van der Waals surface area contributed by atoms with Gasteiger partial charge in [0.2, 0.25) is 5.91 Å². The lowest BCUT2D eigenvalue weighted by Gasteiger charge is -2.20. The standard InChI is InChI=1S/C28H28N2O5/c1-18(26(31)30-25(27(32)34-2)16-19-10-4-3-5-11-19)29-28(33)35-17-24-22-14-8-6-12-20(22)21-13-7-9-15-23(21)24/h3-15,18,24-25H,16-17H2,1-2H3,(H,29,33)(H,30,31)/t18-,25+/m1/s1. The smallest absolute Gasteiger partial charge is 0.407 e. The number of ether oxygens (including phenoxy) is 2. The first kappa shape index (κ1) is 24.0. The van der Waals surface area contributed by atoms with Gasteiger partial charge in [0, 0.05) is 12.3 Å². The number of fused-ring (bicyclic) bond motifs is 3. The van der Waals surface area contributed by atoms with Gasteiger partial charge in [0.05, 0.1) is 7.11 Å². The Balaban J connectivity index is 1.34. The van der Waals surface area contributed by atoms with E-state index in [1.54, 1.807) is 0 Å². The van der Waals surface area contributed by atoms with E-state index in [4.69, 9.17) is 9.47 Å². The number of hydrogen-bond donors (Lipinski definition) is 2. The summed E-state index contributed by atoms with van der Waals surface area (Å²) in [5.41, 5.74) is 5.36. The molecule has 2 atom stereocenters. The first-order valence-corrected chi connectivity index (χ1v) is 11.5. The van der Waals surface area contributed by atoms with E-state index in [2.05, 4.69) is 22.8 Å². The molecule has 3 aromatic rings. The number of carbonyl (C=O) groups is 3. The van der Waals surface area contributed by atoms with Crippen LogP contribution in [0.15, 0.2) is 78.9 Å². The van der Waals surface area contributed by atoms with E-state index in [0.29, 0.717) is 0 Å². The molecular weight excluding hydrogens is 444 g/mol. The zero-order valence-corrected chi connectivity index (χ0v) is 19.7. The molecule has 0 radical (unpaired) electrons. The second-order valence-electron chi connectivity index (χ2n) is 8.47. The Hall–Kier alpha value is -4.13. The van der Waals surface area contributed by atoms with E-state index in [0.717, 1.165) is 27.8 Å². The molecule has 0 unspecified atom stereocenters. The fourth-order valence-corrected chi connectivity index (χ4v) is 4.36. The predicted octanol–water partition coefficient (Wildman–Crippen LogP) is 3.81. The summed E-state index contributed by atoms with van der Waals surface area (Å²) in [7, 11) is 1.27. The van der Waals surface area contributed by atoms with Gasteiger partial charge in [-0.2, -0.15) is 0 Å². The highest BCUT2D eigenvalue weighted by Crippen LogP contribution is 2.44. The molecular formula is C28H28N2O5. The van der Waals surface area contributed by atoms with Gasteiger partial charge in [-0.05, 0) is 34.7 Å². The third kappa shape index (κ3) is 5.51. The Morgan fingerprint density at radius 2 is 1.40 bits per heavy atom. The van der Waals surface area contributed by atoms with Crippen molar-refractivity contribution in [3.63, 3.8) is 0 Å². The molecule has 180 valence electrons. The van der Waals surface area contributed by atoms with Gasteiger partial charge in [-0.15, -0.1) is 0 Å². The first-order chi connectivity index (χ1) is 17.0. The van der Waals surface area contributed by atoms with Crippen LogP contribution in [0.4, 0.5) is 4.79 Å². The van der Waals surface area contributed by atoms with E-state index < -0.39 is 30.1 Å². The number of esters is 1. The minimum absolute atomic E-state index is 0.0770. The lowest BCUT2D eigenvalue weighted by atomic mass is 9.98. The zero-order chi connectivity index (χ0) is 24.8. The summed E-state index contributed by atoms with van der Waals surface area (Å²) in [4.78, 5) is 37.4. The fraction of sp³-hybridized carbons (Fsp3) is 0.250. The second kappa shape index (κ2) is 10.9. The molecule has 1 aliphatic rings. The van der Waals surface area contributed by atoms with Gasteiger partial charge >= 0.3 is 12.1 Å². The van der Waals surface area contributed by atoms with Crippen molar-refractivity contribution in [2.45, 2.75) is 31.3 Å². The van der Waals surface area contributed by atoms with Crippen LogP contribution in [-0.2, 0) is 25.5 Å². The topological polar surface area (TPSA) is 93.7 Å². The van der Waals surface area contributed by atoms with Crippen molar-refractivity contribution in [2.75, 3.05) is 13.7 Å². The molecule has 0 spiro atoms. The van der Waals surface area contributed by atoms with Crippen LogP contribution in [0.25, 0.3) is 11.1 Å². The number of methoxy groups -OCH3 is 1. The Kier molecular flexibility index (Phi) is 7.45. The third-order valence-corrected chi connectivity index (χ3v) is 6.16. The summed E-state index contributed by atoms with van der Waals surface area (Å²) in [6.45, 7) is 1.68. The van der Waals surface area contributed by atoms with Crippen LogP contribution in [0.1, 0.15) is 29.5 Å². The summed E-state index contributed by atoms with van der Waals surface area (Å²) >= 11 is 0. The van der Waals surface area contributed by atoms with E-state index >= 15 is 0 Å². The van der Waals surface area contributed by atoms with Gasteiger partial charge < -0.3 is 20.1 Å². The van der Waals surface area contributed by atoms with Gasteiger partial charge in [-0.3, -0.25) is 4.79 Å². The summed E-state index contributed by atoms with van der Waals surface area (Å²) in [6.07, 6.45) is -0.427. The fourth-order valence-electron chi connectivity index (χ4n) is 4.36. The Morgan fingerprint density at radius 3 is 2.00 bits per heavy atom. The zero-order valence-electron chi connectivity index (χ0n) is 19.7. The van der Waals surface area contributed by atoms with Gasteiger partial charge in [-0.1, -0.05) is 78.9 Å². The van der Waals surface area contributed by atoms with E-state index in [-0.39, 0.29) is 18.9 Å². The number of rotatable bonds is 8. The molecule has 35 heavy (non-hydrogen) atoms. The molecule has 0 saturated heterocycles. The maximum absolute atomic E-state index is 12.7. The van der Waals surface area contributed by atoms with Crippen molar-refractivity contribution in [1.82, 2.24) is 10.6 Å². The van der Waals surface area contributed by atoms with Crippen LogP contribution in [0.5, 0.6) is 0 Å². The average Bonchev–Trinajstić information content (AvgIpc) is 3.20. The van der Waals surface area contributed by atoms with Crippen LogP contribution in [0, 0.1) is 0 Å². The first-order valence-electron chi connectivity index (χ1n) is 11.5. The molecule has 3 aromatic carbocycles. The quantitative estimate of drug-likeness (QED) is 0.486. The van der Waals surface area contributed by atoms with E-state index in [1.165, 1.54) is 14.0 Å². The van der Waals surface area contributed by atoms with Crippen molar-refractivity contribution in [3.8, 4) is 11.1 Å². The third-order valence-electron chi connectivity index (χ3n) is 6.16. The van der Waals surface area contributed by atoms with E-state index in [9.17, 15) is 14.4 Å². The lowest BCUT2D eigenvalue weighted by molar-refractivity contribution is -0.145. The second-order valence-corrected chi connectivity index (χ2v) is 8.47. The van der Waals surface area contributed by atoms with Gasteiger partial charge in [0.15, 0.2) is 0 Å². The molecule has 7 nitrogen and oxygen atoms in total. The van der Waals surface area contributed by atoms with Crippen molar-refractivity contribution in [1.29, 1.82) is 0 Å². The lowest BCUT2D eigenvalue weighted by Crippen LogP contribution is -2.51. The number of hydrogen-bond acceptors (Lipinski definition) is 5. The predicted molar refractivity (Wildman–Crippen MR) is 132 cm³/mol. The molecule has 1 aliphatic carbocycles. The number of amides is 2. The molecule has 0 bridgehead atoms. The number of alkyl carbamates (subject to hydrolysis) is 1. The van der Waals surface area contributed by atoms with E-state index in [1.807, 2.05) is 66.7 Å². The number of carbonyl (C=O) groups excluding carboxylic acids is 3. The van der Waals surface area contributed by atoms with Crippen LogP contribution < -0.4 is 10.6 Å². The van der Waals surface area contributed by atoms with Crippen molar-refractivity contribution >= 4 is 18.0 Å². The van der Waals surface area contributed by atoms with Crippen LogP contribution in [-0.4, -0.2) is 43.8 Å². The monoisotopic (exact) mass is 472 g/mol. The highest BCUT2D eigenvalue weighted by Gasteiger charge is 2.30. The summed E-state index contributed by atoms with van der Waals surface area (Å²) in [6, 6.07) is 23.6. The summed E-state index contributed by atoms with van der Waals surface area (Å²) < 4.78 is 10.3. The molecule has 0 saturated carbocycles. The summed E-state index contributed by atoms with van der Waals surface area (Å²) in [5, 5.41) is 5.21. The number of benzene rings is 3. The Bertz CT molecular complexity index is 1170. The van der Waals surface area contributed by atoms with Crippen molar-refractivity contribution in [3.05, 3.63) is 95.6 Å². The average molecular weight is 473 g/mol. The minimum atomic E-state index is -0.909. The molecule has 0 aliphatic heterocycles. The van der Waals surface area contributed by atoms with Crippen LogP contribution >= 0.6 is 0 Å². The summed E-state index contributed by atoms with van der Waals surface area (Å²) in [5.74, 6) is -1.15. The highest BCUT2D eigenvalue weighted by molar-refractivity contribution is 5.89. The molecule has 2 amide bonds. The van der Waals surface area contributed by atoms with Gasteiger partial charge in [0.25, 0.3) is 0 Å². The van der Waals surface area contributed by atoms with Crippen molar-refractivity contribution < 1.29 is 23.9 Å². The van der Waals surface area contributed by atoms with Crippen LogP contribution in [0.3, 0.4) is 0 Å². The molecule has 4 rings (SSSR count). The van der Waals surface area contributed by atoms with Gasteiger partial charge in [0.1, 0.15) is 18.7 Å².